The molecule has 0 N–H and O–H groups in total. The maximum Gasteiger partial charge on any atom is 0.120 e. The van der Waals surface area contributed by atoms with Gasteiger partial charge in [0.2, 0.25) is 0 Å². The highest BCUT2D eigenvalue weighted by atomic mass is 16.5. The summed E-state index contributed by atoms with van der Waals surface area (Å²) in [5.74, 6) is 3.37. The Balaban J connectivity index is 1.16. The Labute approximate surface area is 233 Å². The summed E-state index contributed by atoms with van der Waals surface area (Å²) in [4.78, 5) is 5.08. The number of nitrogens with zero attached hydrogens (tertiary/aromatic N) is 2. The molecule has 2 aliphatic heterocycles. The van der Waals surface area contributed by atoms with Crippen molar-refractivity contribution >= 4 is 5.69 Å². The molecule has 1 fully saturated rings. The van der Waals surface area contributed by atoms with Gasteiger partial charge in [-0.15, -0.1) is 0 Å². The normalized spacial score (nSPS) is 19.2. The molecule has 5 nitrogen and oxygen atoms in total. The maximum atomic E-state index is 6.23. The largest absolute Gasteiger partial charge is 0.497 e. The van der Waals surface area contributed by atoms with Crippen LogP contribution in [0, 0.1) is 0 Å². The second-order valence-electron chi connectivity index (χ2n) is 11.4. The molecule has 1 saturated heterocycles. The molecule has 1 aliphatic carbocycles. The molecule has 6 rings (SSSR count). The lowest BCUT2D eigenvalue weighted by Gasteiger charge is -2.30. The van der Waals surface area contributed by atoms with Gasteiger partial charge in [0.1, 0.15) is 23.9 Å². The van der Waals surface area contributed by atoms with Crippen LogP contribution in [0.2, 0.25) is 0 Å². The van der Waals surface area contributed by atoms with Crippen molar-refractivity contribution in [3.05, 3.63) is 82.4 Å². The highest BCUT2D eigenvalue weighted by Crippen LogP contribution is 2.42. The lowest BCUT2D eigenvalue weighted by Crippen LogP contribution is -2.29. The molecule has 2 heterocycles. The third kappa shape index (κ3) is 5.89. The lowest BCUT2D eigenvalue weighted by atomic mass is 9.79. The first-order valence-electron chi connectivity index (χ1n) is 14.8. The van der Waals surface area contributed by atoms with E-state index in [1.165, 1.54) is 72.3 Å². The van der Waals surface area contributed by atoms with Crippen LogP contribution in [0.15, 0.2) is 54.6 Å². The molecule has 0 spiro atoms. The Morgan fingerprint density at radius 3 is 2.23 bits per heavy atom. The first-order chi connectivity index (χ1) is 19.2. The van der Waals surface area contributed by atoms with Gasteiger partial charge < -0.3 is 19.1 Å². The van der Waals surface area contributed by atoms with Gasteiger partial charge in [0.25, 0.3) is 0 Å². The van der Waals surface area contributed by atoms with E-state index in [1.54, 1.807) is 14.2 Å². The van der Waals surface area contributed by atoms with Crippen molar-refractivity contribution in [3.63, 3.8) is 0 Å². The molecule has 206 valence electrons. The third-order valence-electron chi connectivity index (χ3n) is 8.94. The first kappa shape index (κ1) is 26.1. The van der Waals surface area contributed by atoms with Crippen LogP contribution in [-0.2, 0) is 25.9 Å². The number of benzene rings is 3. The fourth-order valence-electron chi connectivity index (χ4n) is 6.68. The van der Waals surface area contributed by atoms with Crippen LogP contribution < -0.4 is 19.1 Å². The summed E-state index contributed by atoms with van der Waals surface area (Å²) in [5.41, 5.74) is 8.37. The van der Waals surface area contributed by atoms with Gasteiger partial charge in [-0.3, -0.25) is 4.90 Å². The molecule has 5 heteroatoms. The summed E-state index contributed by atoms with van der Waals surface area (Å²) in [7, 11) is 3.51. The summed E-state index contributed by atoms with van der Waals surface area (Å²) in [6.45, 7) is 6.03. The van der Waals surface area contributed by atoms with E-state index < -0.39 is 0 Å². The van der Waals surface area contributed by atoms with Gasteiger partial charge in [0.15, 0.2) is 0 Å². The summed E-state index contributed by atoms with van der Waals surface area (Å²) in [6.07, 6.45) is 8.69. The van der Waals surface area contributed by atoms with Gasteiger partial charge in [-0.1, -0.05) is 31.0 Å². The molecule has 3 aromatic carbocycles. The molecular weight excluding hydrogens is 484 g/mol. The van der Waals surface area contributed by atoms with Gasteiger partial charge in [0, 0.05) is 31.4 Å². The highest BCUT2D eigenvalue weighted by molar-refractivity contribution is 5.62. The Morgan fingerprint density at radius 1 is 0.718 bits per heavy atom. The number of hydrogen-bond acceptors (Lipinski definition) is 5. The van der Waals surface area contributed by atoms with Crippen LogP contribution in [0.25, 0.3) is 0 Å². The summed E-state index contributed by atoms with van der Waals surface area (Å²) in [6, 6.07) is 19.9. The van der Waals surface area contributed by atoms with E-state index in [2.05, 4.69) is 64.4 Å². The smallest absolute Gasteiger partial charge is 0.120 e. The van der Waals surface area contributed by atoms with Gasteiger partial charge in [-0.25, -0.2) is 0 Å². The van der Waals surface area contributed by atoms with Gasteiger partial charge in [-0.05, 0) is 109 Å². The van der Waals surface area contributed by atoms with Crippen molar-refractivity contribution in [2.24, 2.45) is 0 Å². The Morgan fingerprint density at radius 2 is 1.41 bits per heavy atom. The molecule has 0 bridgehead atoms. The number of anilines is 1. The highest BCUT2D eigenvalue weighted by Gasteiger charge is 2.28. The maximum absolute atomic E-state index is 6.23. The number of fused-ring (bicyclic) bond motifs is 2. The van der Waals surface area contributed by atoms with Crippen LogP contribution in [-0.4, -0.2) is 45.4 Å². The lowest BCUT2D eigenvalue weighted by molar-refractivity contribution is 0.214. The molecule has 0 amide bonds. The van der Waals surface area contributed by atoms with Crippen molar-refractivity contribution in [2.75, 3.05) is 45.4 Å². The fourth-order valence-corrected chi connectivity index (χ4v) is 6.68. The molecular formula is C34H42N2O3. The van der Waals surface area contributed by atoms with Crippen LogP contribution >= 0.6 is 0 Å². The minimum absolute atomic E-state index is 0.494. The van der Waals surface area contributed by atoms with E-state index in [1.807, 2.05) is 0 Å². The van der Waals surface area contributed by atoms with Gasteiger partial charge >= 0.3 is 0 Å². The minimum atomic E-state index is 0.494. The zero-order valence-electron chi connectivity index (χ0n) is 23.6. The Kier molecular flexibility index (Phi) is 7.96. The zero-order valence-corrected chi connectivity index (χ0v) is 23.6. The number of rotatable bonds is 8. The van der Waals surface area contributed by atoms with Crippen LogP contribution in [0.1, 0.15) is 65.8 Å². The van der Waals surface area contributed by atoms with E-state index >= 15 is 0 Å². The van der Waals surface area contributed by atoms with Gasteiger partial charge in [0.05, 0.1) is 14.2 Å². The average molecular weight is 527 g/mol. The van der Waals surface area contributed by atoms with Crippen molar-refractivity contribution < 1.29 is 14.2 Å². The van der Waals surface area contributed by atoms with Crippen LogP contribution in [0.4, 0.5) is 5.69 Å². The minimum Gasteiger partial charge on any atom is -0.497 e. The number of hydrogen-bond donors (Lipinski definition) is 0. The molecule has 1 unspecified atom stereocenters. The predicted molar refractivity (Wildman–Crippen MR) is 157 cm³/mol. The fraction of sp³-hybridized carbons (Fsp3) is 0.471. The predicted octanol–water partition coefficient (Wildman–Crippen LogP) is 6.75. The Bertz CT molecular complexity index is 1280. The van der Waals surface area contributed by atoms with Gasteiger partial charge in [-0.2, -0.15) is 0 Å². The summed E-state index contributed by atoms with van der Waals surface area (Å²) in [5, 5.41) is 0. The van der Waals surface area contributed by atoms with Crippen molar-refractivity contribution in [1.29, 1.82) is 0 Å². The zero-order chi connectivity index (χ0) is 26.6. The van der Waals surface area contributed by atoms with E-state index in [4.69, 9.17) is 14.2 Å². The number of ether oxygens (including phenoxy) is 3. The Hall–Kier alpha value is -3.18. The summed E-state index contributed by atoms with van der Waals surface area (Å²) >= 11 is 0. The molecule has 3 aromatic rings. The molecule has 0 radical (unpaired) electrons. The number of aryl methyl sites for hydroxylation is 1. The van der Waals surface area contributed by atoms with Crippen LogP contribution in [0.5, 0.6) is 17.2 Å². The quantitative estimate of drug-likeness (QED) is 0.324. The standard InChI is InChI=1S/C34H42N2O3/c1-37-30-11-9-25-19-27(8-7-26(25)20-30)33-14-13-31(38-2)22-34(33)36-23-28-10-12-32(21-29(28)24-36)39-18-17-35-15-5-3-4-6-16-35/h9-14,20-22,27H,3-8,15-19,23-24H2,1-2H3. The van der Waals surface area contributed by atoms with E-state index in [0.717, 1.165) is 62.8 Å². The third-order valence-corrected chi connectivity index (χ3v) is 8.94. The second kappa shape index (κ2) is 11.9. The monoisotopic (exact) mass is 526 g/mol. The molecule has 0 saturated carbocycles. The number of methoxy groups -OCH3 is 2. The van der Waals surface area contributed by atoms with E-state index in [0.29, 0.717) is 5.92 Å². The first-order valence-corrected chi connectivity index (χ1v) is 14.8. The molecule has 3 aliphatic rings. The van der Waals surface area contributed by atoms with Crippen LogP contribution in [0.3, 0.4) is 0 Å². The molecule has 39 heavy (non-hydrogen) atoms. The van der Waals surface area contributed by atoms with E-state index in [-0.39, 0.29) is 0 Å². The van der Waals surface area contributed by atoms with Crippen molar-refractivity contribution in [3.8, 4) is 17.2 Å². The van der Waals surface area contributed by atoms with Crippen molar-refractivity contribution in [2.45, 2.75) is 64.0 Å². The van der Waals surface area contributed by atoms with Crippen molar-refractivity contribution in [1.82, 2.24) is 4.90 Å². The summed E-state index contributed by atoms with van der Waals surface area (Å²) < 4.78 is 17.4. The second-order valence-corrected chi connectivity index (χ2v) is 11.4. The molecule has 0 aromatic heterocycles. The SMILES string of the molecule is COc1ccc2c(c1)CCC(c1ccc(OC)cc1N1Cc3ccc(OCCN4CCCCCC4)cc3C1)C2. The topological polar surface area (TPSA) is 34.2 Å². The van der Waals surface area contributed by atoms with E-state index in [9.17, 15) is 0 Å². The average Bonchev–Trinajstić information content (AvgIpc) is 3.23. The molecule has 1 atom stereocenters. The number of likely N-dealkylation sites (tertiary alicyclic amines) is 1.